The molecule has 0 radical (unpaired) electrons. The SMILES string of the molecule is CS(=O)(=O)O.O=C(/C=C/c1ccc(O)c(O)c1)NCCCCCCCC[PH](c1ccccc1)(c1ccccc1)c1ccccc1. The number of phenols is 2. The molecule has 0 bridgehead atoms. The maximum absolute atomic E-state index is 12.1. The minimum atomic E-state index is -3.67. The van der Waals surface area contributed by atoms with Gasteiger partial charge in [-0.15, -0.1) is 0 Å². The number of carbonyl (C=O) groups excluding carboxylic acids is 1. The van der Waals surface area contributed by atoms with Crippen molar-refractivity contribution >= 4 is 45.3 Å². The number of aromatic hydroxyl groups is 2. The van der Waals surface area contributed by atoms with E-state index < -0.39 is 17.4 Å². The Morgan fingerprint density at radius 2 is 1.13 bits per heavy atom. The summed E-state index contributed by atoms with van der Waals surface area (Å²) < 4.78 is 25.9. The first-order valence-corrected chi connectivity index (χ1v) is 19.2. The van der Waals surface area contributed by atoms with Crippen molar-refractivity contribution < 1.29 is 28.0 Å². The van der Waals surface area contributed by atoms with Crippen LogP contribution in [0.1, 0.15) is 44.1 Å². The Kier molecular flexibility index (Phi) is 14.3. The summed E-state index contributed by atoms with van der Waals surface area (Å²) in [5, 5.41) is 26.3. The Hall–Kier alpha value is -3.97. The predicted molar refractivity (Wildman–Crippen MR) is 188 cm³/mol. The van der Waals surface area contributed by atoms with Gasteiger partial charge in [-0.2, -0.15) is 8.42 Å². The van der Waals surface area contributed by atoms with Gasteiger partial charge in [0.15, 0.2) is 11.5 Å². The summed E-state index contributed by atoms with van der Waals surface area (Å²) in [5.41, 5.74) is 0.657. The summed E-state index contributed by atoms with van der Waals surface area (Å²) in [6.07, 6.45) is 11.8. The fourth-order valence-electron chi connectivity index (χ4n) is 5.41. The molecule has 7 nitrogen and oxygen atoms in total. The van der Waals surface area contributed by atoms with E-state index in [1.54, 1.807) is 12.1 Å². The molecule has 45 heavy (non-hydrogen) atoms. The molecule has 4 rings (SSSR count). The normalized spacial score (nSPS) is 11.9. The van der Waals surface area contributed by atoms with Crippen LogP contribution in [-0.2, 0) is 14.9 Å². The molecule has 0 fully saturated rings. The quantitative estimate of drug-likeness (QED) is 0.0450. The van der Waals surface area contributed by atoms with Crippen molar-refractivity contribution in [2.75, 3.05) is 19.0 Å². The standard InChI is InChI=1S/C35H40NO3P.CH4O3S/c37-33-24-22-29(28-34(33)38)23-25-35(39)36-26-14-3-1-2-4-15-27-40(30-16-8-5-9-17-30,31-18-10-6-11-19-31)32-20-12-7-13-21-32;1-5(2,3)4/h5-13,16-25,28,37-38,40H,1-4,14-15,26-27H2,(H,36,39);1H3,(H,2,3,4)/b25-23+;. The number of nitrogens with one attached hydrogen (secondary N) is 1. The van der Waals surface area contributed by atoms with Crippen LogP contribution >= 0.6 is 7.26 Å². The summed E-state index contributed by atoms with van der Waals surface area (Å²) in [6.45, 7) is 0.649. The molecule has 240 valence electrons. The molecule has 0 aliphatic carbocycles. The zero-order valence-corrected chi connectivity index (χ0v) is 27.5. The Balaban J connectivity index is 0.00000102. The number of phenolic OH excluding ortho intramolecular Hbond substituents is 2. The van der Waals surface area contributed by atoms with Gasteiger partial charge in [0.25, 0.3) is 10.1 Å². The van der Waals surface area contributed by atoms with E-state index in [1.807, 2.05) is 0 Å². The maximum atomic E-state index is 12.1. The van der Waals surface area contributed by atoms with Gasteiger partial charge in [-0.25, -0.2) is 0 Å². The van der Waals surface area contributed by atoms with Gasteiger partial charge in [0, 0.05) is 0 Å². The molecular formula is C36H44NO6PS. The van der Waals surface area contributed by atoms with Crippen molar-refractivity contribution in [1.82, 2.24) is 5.32 Å². The van der Waals surface area contributed by atoms with Crippen molar-refractivity contribution in [3.05, 3.63) is 121 Å². The van der Waals surface area contributed by atoms with Crippen LogP contribution in [0, 0.1) is 0 Å². The van der Waals surface area contributed by atoms with Crippen LogP contribution in [0.3, 0.4) is 0 Å². The summed E-state index contributed by atoms with van der Waals surface area (Å²) in [7, 11) is -5.80. The number of benzene rings is 4. The number of amides is 1. The first-order chi connectivity index (χ1) is 21.6. The molecule has 0 unspecified atom stereocenters. The van der Waals surface area contributed by atoms with Crippen LogP contribution in [0.5, 0.6) is 11.5 Å². The molecule has 0 spiro atoms. The molecule has 4 aromatic rings. The molecule has 4 aromatic carbocycles. The van der Waals surface area contributed by atoms with Gasteiger partial charge in [-0.05, 0) is 17.7 Å². The van der Waals surface area contributed by atoms with Gasteiger partial charge in [0.1, 0.15) is 0 Å². The zero-order valence-electron chi connectivity index (χ0n) is 25.7. The van der Waals surface area contributed by atoms with E-state index in [9.17, 15) is 23.4 Å². The van der Waals surface area contributed by atoms with E-state index in [4.69, 9.17) is 4.55 Å². The summed E-state index contributed by atoms with van der Waals surface area (Å²) >= 11 is 0. The van der Waals surface area contributed by atoms with E-state index in [-0.39, 0.29) is 17.4 Å². The molecule has 0 saturated heterocycles. The van der Waals surface area contributed by atoms with Crippen LogP contribution in [0.25, 0.3) is 6.08 Å². The van der Waals surface area contributed by atoms with E-state index in [2.05, 4.69) is 96.3 Å². The number of hydrogen-bond donors (Lipinski definition) is 4. The molecule has 0 saturated carbocycles. The second kappa shape index (κ2) is 18.1. The summed E-state index contributed by atoms with van der Waals surface area (Å²) in [6, 6.07) is 37.8. The minimum absolute atomic E-state index is 0.156. The van der Waals surface area contributed by atoms with Crippen LogP contribution in [0.4, 0.5) is 0 Å². The topological polar surface area (TPSA) is 124 Å². The van der Waals surface area contributed by atoms with Crippen LogP contribution in [-0.4, -0.2) is 48.1 Å². The monoisotopic (exact) mass is 649 g/mol. The van der Waals surface area contributed by atoms with Crippen LogP contribution in [0.15, 0.2) is 115 Å². The first kappa shape index (κ1) is 35.5. The van der Waals surface area contributed by atoms with Crippen molar-refractivity contribution in [3.63, 3.8) is 0 Å². The molecule has 1 amide bonds. The van der Waals surface area contributed by atoms with Crippen LogP contribution < -0.4 is 21.2 Å². The molecule has 0 aromatic heterocycles. The number of rotatable bonds is 14. The van der Waals surface area contributed by atoms with E-state index in [0.717, 1.165) is 19.3 Å². The summed E-state index contributed by atoms with van der Waals surface area (Å²) in [5.74, 6) is -0.529. The van der Waals surface area contributed by atoms with E-state index in [0.29, 0.717) is 18.4 Å². The Bertz CT molecular complexity index is 1490. The molecule has 0 atom stereocenters. The van der Waals surface area contributed by atoms with Crippen molar-refractivity contribution in [2.45, 2.75) is 38.5 Å². The number of unbranched alkanes of at least 4 members (excludes halogenated alkanes) is 5. The van der Waals surface area contributed by atoms with E-state index in [1.165, 1.54) is 59.5 Å². The average molecular weight is 650 g/mol. The molecule has 9 heteroatoms. The van der Waals surface area contributed by atoms with Gasteiger partial charge < -0.3 is 10.2 Å². The predicted octanol–water partition coefficient (Wildman–Crippen LogP) is 5.80. The van der Waals surface area contributed by atoms with Crippen LogP contribution in [0.2, 0.25) is 0 Å². The van der Waals surface area contributed by atoms with Crippen molar-refractivity contribution in [2.24, 2.45) is 0 Å². The second-order valence-corrected chi connectivity index (χ2v) is 16.5. The van der Waals surface area contributed by atoms with Gasteiger partial charge >= 0.3 is 194 Å². The fourth-order valence-corrected chi connectivity index (χ4v) is 10.3. The molecule has 0 aliphatic heterocycles. The Labute approximate surface area is 267 Å². The molecular weight excluding hydrogens is 605 g/mol. The van der Waals surface area contributed by atoms with Gasteiger partial charge in [-0.3, -0.25) is 4.55 Å². The van der Waals surface area contributed by atoms with Gasteiger partial charge in [0.05, 0.1) is 6.26 Å². The number of carbonyl (C=O) groups is 1. The zero-order chi connectivity index (χ0) is 32.5. The van der Waals surface area contributed by atoms with E-state index >= 15 is 0 Å². The molecule has 0 heterocycles. The molecule has 4 N–H and O–H groups in total. The Morgan fingerprint density at radius 3 is 1.60 bits per heavy atom. The fraction of sp³-hybridized carbons (Fsp3) is 0.250. The molecule has 0 aliphatic rings. The average Bonchev–Trinajstić information content (AvgIpc) is 3.03. The number of hydrogen-bond acceptors (Lipinski definition) is 5. The van der Waals surface area contributed by atoms with Gasteiger partial charge in [0.2, 0.25) is 0 Å². The Morgan fingerprint density at radius 1 is 0.689 bits per heavy atom. The first-order valence-electron chi connectivity index (χ1n) is 15.2. The third-order valence-corrected chi connectivity index (χ3v) is 12.6. The second-order valence-electron chi connectivity index (χ2n) is 11.0. The van der Waals surface area contributed by atoms with Gasteiger partial charge in [-0.1, -0.05) is 6.07 Å². The van der Waals surface area contributed by atoms with Crippen molar-refractivity contribution in [1.29, 1.82) is 0 Å². The third kappa shape index (κ3) is 12.1. The summed E-state index contributed by atoms with van der Waals surface area (Å²) in [4.78, 5) is 12.1. The third-order valence-electron chi connectivity index (χ3n) is 7.50. The van der Waals surface area contributed by atoms with Crippen molar-refractivity contribution in [3.8, 4) is 11.5 Å².